The molecule has 3 aromatic rings. The Labute approximate surface area is 249 Å². The average molecular weight is 593 g/mol. The van der Waals surface area contributed by atoms with Gasteiger partial charge in [-0.3, -0.25) is 9.59 Å². The van der Waals surface area contributed by atoms with E-state index in [2.05, 4.69) is 34.3 Å². The molecule has 1 fully saturated rings. The maximum atomic E-state index is 14.2. The first-order valence-electron chi connectivity index (χ1n) is 14.3. The minimum Gasteiger partial charge on any atom is -0.335 e. The minimum absolute atomic E-state index is 0.0101. The number of aromatic nitrogens is 3. The van der Waals surface area contributed by atoms with Crippen molar-refractivity contribution in [1.82, 2.24) is 25.0 Å². The number of halogens is 3. The number of nitrogens with one attached hydrogen (secondary N) is 1. The summed E-state index contributed by atoms with van der Waals surface area (Å²) in [6.07, 6.45) is -0.616. The second-order valence-electron chi connectivity index (χ2n) is 11.6. The summed E-state index contributed by atoms with van der Waals surface area (Å²) in [6, 6.07) is 10.2. The van der Waals surface area contributed by atoms with E-state index in [-0.39, 0.29) is 35.5 Å². The van der Waals surface area contributed by atoms with E-state index in [0.717, 1.165) is 30.3 Å². The minimum atomic E-state index is -4.61. The van der Waals surface area contributed by atoms with Gasteiger partial charge in [-0.25, -0.2) is 0 Å². The Morgan fingerprint density at radius 3 is 2.65 bits per heavy atom. The fourth-order valence-corrected chi connectivity index (χ4v) is 6.37. The number of carbonyl (C=O) groups excluding carboxylic acids is 2. The average Bonchev–Trinajstić information content (AvgIpc) is 3.53. The van der Waals surface area contributed by atoms with Gasteiger partial charge in [0.25, 0.3) is 11.8 Å². The van der Waals surface area contributed by atoms with Gasteiger partial charge in [0.15, 0.2) is 0 Å². The molecule has 2 aromatic carbocycles. The van der Waals surface area contributed by atoms with Crippen LogP contribution in [0.25, 0.3) is 0 Å². The molecule has 0 unspecified atom stereocenters. The second kappa shape index (κ2) is 11.8. The third-order valence-electron chi connectivity index (χ3n) is 8.41. The number of rotatable bonds is 9. The van der Waals surface area contributed by atoms with Crippen LogP contribution in [-0.2, 0) is 36.5 Å². The van der Waals surface area contributed by atoms with Crippen LogP contribution in [0.4, 0.5) is 18.9 Å². The summed E-state index contributed by atoms with van der Waals surface area (Å²) in [6.45, 7) is 4.70. The molecule has 2 amide bonds. The van der Waals surface area contributed by atoms with E-state index in [1.54, 1.807) is 32.4 Å². The highest BCUT2D eigenvalue weighted by atomic mass is 19.4. The topological polar surface area (TPSA) is 83.4 Å². The lowest BCUT2D eigenvalue weighted by molar-refractivity contribution is -0.138. The zero-order chi connectivity index (χ0) is 30.9. The number of nitrogens with zero attached hydrogens (tertiary/aromatic N) is 5. The van der Waals surface area contributed by atoms with Gasteiger partial charge >= 0.3 is 6.18 Å². The molecule has 226 valence electrons. The van der Waals surface area contributed by atoms with Crippen LogP contribution in [-0.4, -0.2) is 51.6 Å². The smallest absolute Gasteiger partial charge is 0.335 e. The van der Waals surface area contributed by atoms with E-state index in [9.17, 15) is 22.8 Å². The Balaban J connectivity index is 1.36. The van der Waals surface area contributed by atoms with Crippen molar-refractivity contribution in [3.8, 4) is 11.8 Å². The van der Waals surface area contributed by atoms with Crippen molar-refractivity contribution in [2.45, 2.75) is 57.8 Å². The molecule has 2 aliphatic rings. The van der Waals surface area contributed by atoms with E-state index in [1.165, 1.54) is 9.80 Å². The molecule has 0 bridgehead atoms. The molecule has 1 aliphatic heterocycles. The first-order valence-corrected chi connectivity index (χ1v) is 14.3. The molecule has 43 heavy (non-hydrogen) atoms. The van der Waals surface area contributed by atoms with Crippen molar-refractivity contribution >= 4 is 17.5 Å². The summed E-state index contributed by atoms with van der Waals surface area (Å²) >= 11 is 0. The predicted molar refractivity (Wildman–Crippen MR) is 156 cm³/mol. The van der Waals surface area contributed by atoms with Gasteiger partial charge in [0.05, 0.1) is 17.5 Å². The molecule has 2 heterocycles. The van der Waals surface area contributed by atoms with Gasteiger partial charge in [-0.1, -0.05) is 25.0 Å². The second-order valence-corrected chi connectivity index (χ2v) is 11.6. The summed E-state index contributed by atoms with van der Waals surface area (Å²) < 4.78 is 44.6. The van der Waals surface area contributed by atoms with E-state index in [1.807, 2.05) is 29.8 Å². The van der Waals surface area contributed by atoms with Gasteiger partial charge < -0.3 is 19.7 Å². The highest BCUT2D eigenvalue weighted by Crippen LogP contribution is 2.52. The normalized spacial score (nSPS) is 19.5. The van der Waals surface area contributed by atoms with Crippen molar-refractivity contribution in [2.24, 2.45) is 13.0 Å². The lowest BCUT2D eigenvalue weighted by atomic mass is 9.58. The van der Waals surface area contributed by atoms with Crippen molar-refractivity contribution in [1.29, 1.82) is 0 Å². The number of hydrogen-bond donors (Lipinski definition) is 1. The monoisotopic (exact) mass is 592 g/mol. The quantitative estimate of drug-likeness (QED) is 0.289. The first-order chi connectivity index (χ1) is 20.4. The number of fused-ring (bicyclic) bond motifs is 1. The van der Waals surface area contributed by atoms with Crippen LogP contribution in [0.3, 0.4) is 0 Å². The summed E-state index contributed by atoms with van der Waals surface area (Å²) in [5.41, 5.74) is 0.807. The van der Waals surface area contributed by atoms with Crippen LogP contribution in [0.5, 0.6) is 0 Å². The molecule has 0 atom stereocenters. The molecule has 0 radical (unpaired) electrons. The van der Waals surface area contributed by atoms with Gasteiger partial charge in [-0.2, -0.15) is 13.2 Å². The number of hydrogen-bond acceptors (Lipinski definition) is 5. The zero-order valence-corrected chi connectivity index (χ0v) is 24.8. The SMILES string of the molecule is CC#CC(=O)N(C)CCCNCc1cc2c(c(C(F)(F)F)c1)CN(c1cccc(C3(c4nncn4C)CC(C)C3)c1)C2=O. The van der Waals surface area contributed by atoms with Crippen LogP contribution < -0.4 is 10.2 Å². The molecule has 0 spiro atoms. The molecule has 5 rings (SSSR count). The molecule has 8 nitrogen and oxygen atoms in total. The Bertz CT molecular complexity index is 1600. The lowest BCUT2D eigenvalue weighted by Gasteiger charge is -2.46. The number of amides is 2. The van der Waals surface area contributed by atoms with Gasteiger partial charge in [-0.05, 0) is 85.5 Å². The van der Waals surface area contributed by atoms with Crippen LogP contribution in [0, 0.1) is 17.8 Å². The highest BCUT2D eigenvalue weighted by Gasteiger charge is 2.48. The van der Waals surface area contributed by atoms with Crippen molar-refractivity contribution in [3.05, 3.63) is 76.4 Å². The number of carbonyl (C=O) groups is 2. The fraction of sp³-hybridized carbons (Fsp3) is 0.438. The van der Waals surface area contributed by atoms with E-state index >= 15 is 0 Å². The summed E-state index contributed by atoms with van der Waals surface area (Å²) in [5, 5.41) is 11.6. The molecule has 0 saturated heterocycles. The zero-order valence-electron chi connectivity index (χ0n) is 24.8. The molecule has 1 aliphatic carbocycles. The molecular formula is C32H35F3N6O2. The summed E-state index contributed by atoms with van der Waals surface area (Å²) in [5.74, 6) is 5.62. The summed E-state index contributed by atoms with van der Waals surface area (Å²) in [4.78, 5) is 28.3. The van der Waals surface area contributed by atoms with Crippen molar-refractivity contribution < 1.29 is 22.8 Å². The Kier molecular flexibility index (Phi) is 8.34. The molecule has 1 aromatic heterocycles. The van der Waals surface area contributed by atoms with E-state index in [4.69, 9.17) is 0 Å². The standard InChI is InChI=1S/C32H35F3N6O2/c1-5-8-28(42)39(3)12-7-11-36-18-22-13-25-26(27(14-22)32(33,34)35)19-41(29(25)43)24-10-6-9-23(15-24)31(16-21(2)17-31)30-38-37-20-40(30)4/h6,9-10,13-15,20-21,36H,7,11-12,16-19H2,1-4H3. The van der Waals surface area contributed by atoms with Crippen molar-refractivity contribution in [2.75, 3.05) is 25.0 Å². The maximum absolute atomic E-state index is 14.2. The van der Waals surface area contributed by atoms with Crippen molar-refractivity contribution in [3.63, 3.8) is 0 Å². The number of alkyl halides is 3. The van der Waals surface area contributed by atoms with Crippen LogP contribution in [0.1, 0.15) is 71.5 Å². The third kappa shape index (κ3) is 5.89. The van der Waals surface area contributed by atoms with E-state index < -0.39 is 17.6 Å². The first kappa shape index (κ1) is 30.3. The molecule has 11 heteroatoms. The Morgan fingerprint density at radius 2 is 2.00 bits per heavy atom. The fourth-order valence-electron chi connectivity index (χ4n) is 6.37. The number of aryl methyl sites for hydroxylation is 1. The van der Waals surface area contributed by atoms with E-state index in [0.29, 0.717) is 36.7 Å². The molecule has 1 N–H and O–H groups in total. The van der Waals surface area contributed by atoms with Gasteiger partial charge in [0, 0.05) is 38.4 Å². The predicted octanol–water partition coefficient (Wildman–Crippen LogP) is 4.67. The van der Waals surface area contributed by atoms with Crippen LogP contribution in [0.15, 0.2) is 42.7 Å². The largest absolute Gasteiger partial charge is 0.416 e. The van der Waals surface area contributed by atoms with Gasteiger partial charge in [0.1, 0.15) is 12.2 Å². The highest BCUT2D eigenvalue weighted by molar-refractivity contribution is 6.10. The molecule has 1 saturated carbocycles. The lowest BCUT2D eigenvalue weighted by Crippen LogP contribution is -2.43. The number of anilines is 1. The van der Waals surface area contributed by atoms with Crippen LogP contribution >= 0.6 is 0 Å². The van der Waals surface area contributed by atoms with Gasteiger partial charge in [0.2, 0.25) is 0 Å². The third-order valence-corrected chi connectivity index (χ3v) is 8.41. The summed E-state index contributed by atoms with van der Waals surface area (Å²) in [7, 11) is 3.55. The Morgan fingerprint density at radius 1 is 1.23 bits per heavy atom. The Hall–Kier alpha value is -4.17. The van der Waals surface area contributed by atoms with Gasteiger partial charge in [-0.15, -0.1) is 10.2 Å². The van der Waals surface area contributed by atoms with Crippen LogP contribution in [0.2, 0.25) is 0 Å². The number of benzene rings is 2. The molecular weight excluding hydrogens is 557 g/mol. The maximum Gasteiger partial charge on any atom is 0.416 e.